The van der Waals surface area contributed by atoms with Crippen molar-refractivity contribution in [1.82, 2.24) is 24.5 Å². The molecule has 6 heteroatoms. The molecule has 0 N–H and O–H groups in total. The Labute approximate surface area is 131 Å². The van der Waals surface area contributed by atoms with E-state index in [9.17, 15) is 4.79 Å². The maximum atomic E-state index is 12.9. The average molecular weight is 303 g/mol. The zero-order valence-electron chi connectivity index (χ0n) is 14.2. The molecule has 0 saturated carbocycles. The second-order valence-electron chi connectivity index (χ2n) is 6.13. The van der Waals surface area contributed by atoms with Crippen LogP contribution in [0.5, 0.6) is 0 Å². The quantitative estimate of drug-likeness (QED) is 0.851. The van der Waals surface area contributed by atoms with Gasteiger partial charge in [-0.3, -0.25) is 14.2 Å². The molecule has 0 radical (unpaired) electrons. The minimum atomic E-state index is -0.312. The van der Waals surface area contributed by atoms with Gasteiger partial charge >= 0.3 is 0 Å². The molecule has 1 amide bonds. The van der Waals surface area contributed by atoms with Gasteiger partial charge in [-0.25, -0.2) is 0 Å². The van der Waals surface area contributed by atoms with Crippen LogP contribution < -0.4 is 0 Å². The van der Waals surface area contributed by atoms with Gasteiger partial charge in [-0.15, -0.1) is 0 Å². The molecule has 2 aromatic heterocycles. The van der Waals surface area contributed by atoms with E-state index in [4.69, 9.17) is 0 Å². The minimum absolute atomic E-state index is 0.0741. The van der Waals surface area contributed by atoms with Gasteiger partial charge in [-0.2, -0.15) is 10.2 Å². The molecule has 0 fully saturated rings. The molecule has 0 saturated heterocycles. The highest BCUT2D eigenvalue weighted by molar-refractivity contribution is 5.80. The summed E-state index contributed by atoms with van der Waals surface area (Å²) in [5, 5.41) is 8.61. The van der Waals surface area contributed by atoms with Gasteiger partial charge in [-0.1, -0.05) is 0 Å². The molecular weight excluding hydrogens is 278 g/mol. The third-order valence-corrected chi connectivity index (χ3v) is 3.79. The lowest BCUT2D eigenvalue weighted by atomic mass is 10.2. The van der Waals surface area contributed by atoms with Crippen molar-refractivity contribution in [2.24, 2.45) is 7.05 Å². The van der Waals surface area contributed by atoms with Crippen LogP contribution in [0, 0.1) is 13.8 Å². The first-order valence-corrected chi connectivity index (χ1v) is 7.60. The van der Waals surface area contributed by atoms with E-state index in [1.54, 1.807) is 15.6 Å². The number of hydrogen-bond donors (Lipinski definition) is 0. The first kappa shape index (κ1) is 16.3. The van der Waals surface area contributed by atoms with Gasteiger partial charge in [0.2, 0.25) is 5.91 Å². The number of nitrogens with zero attached hydrogens (tertiary/aromatic N) is 5. The van der Waals surface area contributed by atoms with Gasteiger partial charge in [0.25, 0.3) is 0 Å². The third-order valence-electron chi connectivity index (χ3n) is 3.79. The molecule has 0 bridgehead atoms. The van der Waals surface area contributed by atoms with Crippen molar-refractivity contribution in [2.75, 3.05) is 0 Å². The lowest BCUT2D eigenvalue weighted by Gasteiger charge is -2.29. The van der Waals surface area contributed by atoms with E-state index >= 15 is 0 Å². The van der Waals surface area contributed by atoms with Crippen molar-refractivity contribution < 1.29 is 4.79 Å². The maximum absolute atomic E-state index is 12.9. The van der Waals surface area contributed by atoms with Crippen molar-refractivity contribution in [3.05, 3.63) is 35.4 Å². The van der Waals surface area contributed by atoms with Crippen LogP contribution in [0.25, 0.3) is 0 Å². The van der Waals surface area contributed by atoms with Gasteiger partial charge in [0.15, 0.2) is 0 Å². The summed E-state index contributed by atoms with van der Waals surface area (Å²) >= 11 is 0. The molecule has 1 unspecified atom stereocenters. The smallest absolute Gasteiger partial charge is 0.247 e. The molecule has 2 rings (SSSR count). The summed E-state index contributed by atoms with van der Waals surface area (Å²) in [6, 6.07) is 1.80. The molecule has 1 atom stereocenters. The Balaban J connectivity index is 2.20. The van der Waals surface area contributed by atoms with Crippen LogP contribution in [0.2, 0.25) is 0 Å². The lowest BCUT2D eigenvalue weighted by molar-refractivity contribution is -0.137. The van der Waals surface area contributed by atoms with Crippen LogP contribution in [0.1, 0.15) is 43.8 Å². The Morgan fingerprint density at radius 1 is 1.32 bits per heavy atom. The molecule has 120 valence electrons. The fourth-order valence-electron chi connectivity index (χ4n) is 2.65. The van der Waals surface area contributed by atoms with E-state index in [0.717, 1.165) is 17.0 Å². The highest BCUT2D eigenvalue weighted by Crippen LogP contribution is 2.17. The molecule has 0 aliphatic heterocycles. The summed E-state index contributed by atoms with van der Waals surface area (Å²) in [4.78, 5) is 14.8. The summed E-state index contributed by atoms with van der Waals surface area (Å²) < 4.78 is 3.55. The lowest BCUT2D eigenvalue weighted by Crippen LogP contribution is -2.40. The van der Waals surface area contributed by atoms with E-state index in [2.05, 4.69) is 10.2 Å². The van der Waals surface area contributed by atoms with Crippen LogP contribution >= 0.6 is 0 Å². The van der Waals surface area contributed by atoms with Gasteiger partial charge in [0.1, 0.15) is 6.04 Å². The Morgan fingerprint density at radius 2 is 2.00 bits per heavy atom. The molecule has 2 heterocycles. The van der Waals surface area contributed by atoms with Gasteiger partial charge in [0.05, 0.1) is 11.9 Å². The number of aryl methyl sites for hydroxylation is 3. The van der Waals surface area contributed by atoms with Crippen LogP contribution in [-0.4, -0.2) is 36.4 Å². The predicted molar refractivity (Wildman–Crippen MR) is 85.3 cm³/mol. The maximum Gasteiger partial charge on any atom is 0.247 e. The van der Waals surface area contributed by atoms with Crippen molar-refractivity contribution in [3.63, 3.8) is 0 Å². The standard InChI is InChI=1S/C16H25N5O/c1-11(2)20(10-15-8-17-19(6)9-15)16(22)14(5)21-13(4)7-12(3)18-21/h7-9,11,14H,10H2,1-6H3. The monoisotopic (exact) mass is 303 g/mol. The van der Waals surface area contributed by atoms with Crippen LogP contribution in [-0.2, 0) is 18.4 Å². The molecule has 0 aliphatic rings. The second kappa shape index (κ2) is 6.34. The number of aromatic nitrogens is 4. The fraction of sp³-hybridized carbons (Fsp3) is 0.562. The van der Waals surface area contributed by atoms with Crippen molar-refractivity contribution >= 4 is 5.91 Å². The Hall–Kier alpha value is -2.11. The number of rotatable bonds is 5. The van der Waals surface area contributed by atoms with Crippen molar-refractivity contribution in [1.29, 1.82) is 0 Å². The van der Waals surface area contributed by atoms with Crippen molar-refractivity contribution in [2.45, 2.75) is 53.2 Å². The summed E-state index contributed by atoms with van der Waals surface area (Å²) in [5.41, 5.74) is 2.97. The molecule has 2 aromatic rings. The fourth-order valence-corrected chi connectivity index (χ4v) is 2.65. The normalized spacial score (nSPS) is 12.7. The zero-order valence-corrected chi connectivity index (χ0v) is 14.2. The summed E-state index contributed by atoms with van der Waals surface area (Å²) in [6.07, 6.45) is 3.74. The average Bonchev–Trinajstić information content (AvgIpc) is 2.99. The summed E-state index contributed by atoms with van der Waals surface area (Å²) in [5.74, 6) is 0.0741. The highest BCUT2D eigenvalue weighted by atomic mass is 16.2. The minimum Gasteiger partial charge on any atom is -0.334 e. The van der Waals surface area contributed by atoms with E-state index in [1.165, 1.54) is 0 Å². The summed E-state index contributed by atoms with van der Waals surface area (Å²) in [6.45, 7) is 10.4. The number of carbonyl (C=O) groups excluding carboxylic acids is 1. The number of hydrogen-bond acceptors (Lipinski definition) is 3. The van der Waals surface area contributed by atoms with Gasteiger partial charge in [0, 0.05) is 37.1 Å². The van der Waals surface area contributed by atoms with Gasteiger partial charge < -0.3 is 4.90 Å². The van der Waals surface area contributed by atoms with E-state index in [-0.39, 0.29) is 18.0 Å². The molecule has 0 aliphatic carbocycles. The number of amides is 1. The Bertz CT molecular complexity index is 655. The molecular formula is C16H25N5O. The van der Waals surface area contributed by atoms with Crippen LogP contribution in [0.15, 0.2) is 18.5 Å². The van der Waals surface area contributed by atoms with Crippen LogP contribution in [0.4, 0.5) is 0 Å². The largest absolute Gasteiger partial charge is 0.334 e. The molecule has 0 spiro atoms. The predicted octanol–water partition coefficient (Wildman–Crippen LogP) is 2.23. The van der Waals surface area contributed by atoms with E-state index in [0.29, 0.717) is 6.54 Å². The Morgan fingerprint density at radius 3 is 2.45 bits per heavy atom. The second-order valence-corrected chi connectivity index (χ2v) is 6.13. The highest BCUT2D eigenvalue weighted by Gasteiger charge is 2.26. The third kappa shape index (κ3) is 3.37. The summed E-state index contributed by atoms with van der Waals surface area (Å²) in [7, 11) is 1.88. The first-order chi connectivity index (χ1) is 10.3. The van der Waals surface area contributed by atoms with Gasteiger partial charge in [-0.05, 0) is 40.7 Å². The molecule has 22 heavy (non-hydrogen) atoms. The van der Waals surface area contributed by atoms with E-state index in [1.807, 2.05) is 58.8 Å². The Kier molecular flexibility index (Phi) is 4.68. The topological polar surface area (TPSA) is 56.0 Å². The molecule has 0 aromatic carbocycles. The number of carbonyl (C=O) groups is 1. The molecule has 6 nitrogen and oxygen atoms in total. The first-order valence-electron chi connectivity index (χ1n) is 7.60. The SMILES string of the molecule is Cc1cc(C)n(C(C)C(=O)N(Cc2cnn(C)c2)C(C)C)n1. The zero-order chi connectivity index (χ0) is 16.4. The van der Waals surface area contributed by atoms with Crippen molar-refractivity contribution in [3.8, 4) is 0 Å². The van der Waals surface area contributed by atoms with E-state index < -0.39 is 0 Å². The van der Waals surface area contributed by atoms with Crippen LogP contribution in [0.3, 0.4) is 0 Å².